The first kappa shape index (κ1) is 18.1. The quantitative estimate of drug-likeness (QED) is 0.592. The minimum absolute atomic E-state index is 0.0504. The summed E-state index contributed by atoms with van der Waals surface area (Å²) in [7, 11) is 0. The molecule has 1 aliphatic carbocycles. The van der Waals surface area contributed by atoms with Crippen LogP contribution in [0.3, 0.4) is 0 Å². The van der Waals surface area contributed by atoms with Crippen LogP contribution in [0.4, 0.5) is 5.69 Å². The van der Waals surface area contributed by atoms with Crippen LogP contribution in [0.15, 0.2) is 64.6 Å². The van der Waals surface area contributed by atoms with Crippen LogP contribution in [0.25, 0.3) is 5.69 Å². The molecule has 1 saturated carbocycles. The zero-order chi connectivity index (χ0) is 18.6. The van der Waals surface area contributed by atoms with E-state index in [1.165, 1.54) is 11.8 Å². The molecule has 0 atom stereocenters. The van der Waals surface area contributed by atoms with Gasteiger partial charge in [-0.25, -0.2) is 9.67 Å². The Morgan fingerprint density at radius 2 is 1.89 bits per heavy atom. The number of thioether (sulfide) groups is 2. The van der Waals surface area contributed by atoms with Gasteiger partial charge in [-0.1, -0.05) is 42.1 Å². The monoisotopic (exact) mass is 396 g/mol. The van der Waals surface area contributed by atoms with Gasteiger partial charge >= 0.3 is 0 Å². The summed E-state index contributed by atoms with van der Waals surface area (Å²) in [5.74, 6) is 1.71. The van der Waals surface area contributed by atoms with E-state index in [1.807, 2.05) is 65.5 Å². The third kappa shape index (κ3) is 4.36. The van der Waals surface area contributed by atoms with Crippen molar-refractivity contribution in [2.45, 2.75) is 28.8 Å². The molecule has 1 fully saturated rings. The Kier molecular flexibility index (Phi) is 5.50. The van der Waals surface area contributed by atoms with Crippen molar-refractivity contribution in [1.82, 2.24) is 14.8 Å². The van der Waals surface area contributed by atoms with E-state index >= 15 is 0 Å². The lowest BCUT2D eigenvalue weighted by Crippen LogP contribution is -2.14. The van der Waals surface area contributed by atoms with Gasteiger partial charge in [-0.15, -0.1) is 16.9 Å². The number of amides is 1. The van der Waals surface area contributed by atoms with Gasteiger partial charge in [-0.2, -0.15) is 0 Å². The molecule has 0 spiro atoms. The Morgan fingerprint density at radius 1 is 1.15 bits per heavy atom. The number of para-hydroxylation sites is 2. The molecule has 27 heavy (non-hydrogen) atoms. The molecule has 2 aromatic carbocycles. The first-order valence-electron chi connectivity index (χ1n) is 8.82. The largest absolute Gasteiger partial charge is 0.324 e. The SMILES string of the molecule is CSc1ccccc1NC(=O)CSc1nc(C2CC2)n(-c2ccccc2)n1. The molecule has 1 aromatic heterocycles. The minimum atomic E-state index is -0.0504. The third-order valence-corrected chi connectivity index (χ3v) is 5.90. The van der Waals surface area contributed by atoms with Gasteiger partial charge in [0.25, 0.3) is 0 Å². The number of benzene rings is 2. The van der Waals surface area contributed by atoms with Crippen molar-refractivity contribution in [3.05, 3.63) is 60.4 Å². The molecule has 0 saturated heterocycles. The Morgan fingerprint density at radius 3 is 2.63 bits per heavy atom. The number of aromatic nitrogens is 3. The Labute approximate surface area is 167 Å². The molecule has 0 bridgehead atoms. The zero-order valence-electron chi connectivity index (χ0n) is 15.0. The average Bonchev–Trinajstić information content (AvgIpc) is 3.47. The van der Waals surface area contributed by atoms with Crippen LogP contribution in [0.5, 0.6) is 0 Å². The number of hydrogen-bond donors (Lipinski definition) is 1. The Hall–Kier alpha value is -2.25. The molecule has 4 rings (SSSR count). The van der Waals surface area contributed by atoms with Gasteiger partial charge in [0, 0.05) is 10.8 Å². The highest BCUT2D eigenvalue weighted by atomic mass is 32.2. The highest BCUT2D eigenvalue weighted by Crippen LogP contribution is 2.40. The highest BCUT2D eigenvalue weighted by Gasteiger charge is 2.30. The summed E-state index contributed by atoms with van der Waals surface area (Å²) < 4.78 is 1.92. The molecule has 0 aliphatic heterocycles. The van der Waals surface area contributed by atoms with Crippen molar-refractivity contribution in [1.29, 1.82) is 0 Å². The van der Waals surface area contributed by atoms with Crippen LogP contribution >= 0.6 is 23.5 Å². The van der Waals surface area contributed by atoms with Crippen molar-refractivity contribution in [3.63, 3.8) is 0 Å². The second-order valence-electron chi connectivity index (χ2n) is 6.31. The molecular weight excluding hydrogens is 376 g/mol. The molecule has 3 aromatic rings. The lowest BCUT2D eigenvalue weighted by molar-refractivity contribution is -0.113. The van der Waals surface area contributed by atoms with E-state index in [9.17, 15) is 4.79 Å². The molecule has 0 radical (unpaired) electrons. The number of carbonyl (C=O) groups excluding carboxylic acids is 1. The van der Waals surface area contributed by atoms with Gasteiger partial charge in [0.2, 0.25) is 11.1 Å². The molecule has 0 unspecified atom stereocenters. The molecule has 5 nitrogen and oxygen atoms in total. The van der Waals surface area contributed by atoms with Crippen molar-refractivity contribution in [3.8, 4) is 5.69 Å². The van der Waals surface area contributed by atoms with Gasteiger partial charge < -0.3 is 5.32 Å². The highest BCUT2D eigenvalue weighted by molar-refractivity contribution is 7.99. The fraction of sp³-hybridized carbons (Fsp3) is 0.250. The third-order valence-electron chi connectivity index (χ3n) is 4.27. The van der Waals surface area contributed by atoms with Crippen LogP contribution in [-0.2, 0) is 4.79 Å². The first-order valence-corrected chi connectivity index (χ1v) is 11.0. The van der Waals surface area contributed by atoms with E-state index < -0.39 is 0 Å². The van der Waals surface area contributed by atoms with Crippen LogP contribution in [0.2, 0.25) is 0 Å². The predicted molar refractivity (Wildman–Crippen MR) is 111 cm³/mol. The molecular formula is C20H20N4OS2. The van der Waals surface area contributed by atoms with E-state index in [-0.39, 0.29) is 11.7 Å². The number of anilines is 1. The maximum Gasteiger partial charge on any atom is 0.234 e. The van der Waals surface area contributed by atoms with Crippen LogP contribution in [0, 0.1) is 0 Å². The summed E-state index contributed by atoms with van der Waals surface area (Å²) in [6.45, 7) is 0. The lowest BCUT2D eigenvalue weighted by Gasteiger charge is -2.08. The van der Waals surface area contributed by atoms with E-state index in [0.29, 0.717) is 11.1 Å². The number of rotatable bonds is 7. The second kappa shape index (κ2) is 8.19. The fourth-order valence-electron chi connectivity index (χ4n) is 2.79. The van der Waals surface area contributed by atoms with Crippen molar-refractivity contribution < 1.29 is 4.79 Å². The van der Waals surface area contributed by atoms with Gasteiger partial charge in [0.05, 0.1) is 17.1 Å². The normalized spacial score (nSPS) is 13.5. The van der Waals surface area contributed by atoms with Crippen molar-refractivity contribution in [2.24, 2.45) is 0 Å². The average molecular weight is 397 g/mol. The smallest absolute Gasteiger partial charge is 0.234 e. The Bertz CT molecular complexity index is 938. The summed E-state index contributed by atoms with van der Waals surface area (Å²) in [6.07, 6.45) is 4.31. The van der Waals surface area contributed by atoms with E-state index in [2.05, 4.69) is 10.4 Å². The molecule has 1 amide bonds. The van der Waals surface area contributed by atoms with Gasteiger partial charge in [-0.3, -0.25) is 4.79 Å². The van der Waals surface area contributed by atoms with E-state index in [1.54, 1.807) is 11.8 Å². The summed E-state index contributed by atoms with van der Waals surface area (Å²) in [5, 5.41) is 8.26. The second-order valence-corrected chi connectivity index (χ2v) is 8.10. The molecule has 1 N–H and O–H groups in total. The topological polar surface area (TPSA) is 59.8 Å². The number of nitrogens with zero attached hydrogens (tertiary/aromatic N) is 3. The standard InChI is InChI=1S/C20H20N4OS2/c1-26-17-10-6-5-9-16(17)21-18(25)13-27-20-22-19(14-11-12-14)24(23-20)15-7-3-2-4-8-15/h2-10,14H,11-13H2,1H3,(H,21,25). The van der Waals surface area contributed by atoms with Crippen molar-refractivity contribution in [2.75, 3.05) is 17.3 Å². The van der Waals surface area contributed by atoms with Crippen molar-refractivity contribution >= 4 is 35.1 Å². The molecule has 1 aliphatic rings. The summed E-state index contributed by atoms with van der Waals surface area (Å²) in [4.78, 5) is 18.1. The molecule has 7 heteroatoms. The molecule has 138 valence electrons. The number of hydrogen-bond acceptors (Lipinski definition) is 5. The number of carbonyl (C=O) groups is 1. The summed E-state index contributed by atoms with van der Waals surface area (Å²) in [5.41, 5.74) is 1.86. The van der Waals surface area contributed by atoms with E-state index in [4.69, 9.17) is 4.98 Å². The fourth-order valence-corrected chi connectivity index (χ4v) is 3.98. The zero-order valence-corrected chi connectivity index (χ0v) is 16.6. The summed E-state index contributed by atoms with van der Waals surface area (Å²) >= 11 is 2.99. The van der Waals surface area contributed by atoms with Gasteiger partial charge in [0.1, 0.15) is 5.82 Å². The Balaban J connectivity index is 1.45. The van der Waals surface area contributed by atoms with E-state index in [0.717, 1.165) is 34.9 Å². The van der Waals surface area contributed by atoms with Gasteiger partial charge in [0.15, 0.2) is 0 Å². The first-order chi connectivity index (χ1) is 13.2. The lowest BCUT2D eigenvalue weighted by atomic mass is 10.3. The summed E-state index contributed by atoms with van der Waals surface area (Å²) in [6, 6.07) is 17.9. The van der Waals surface area contributed by atoms with Crippen LogP contribution in [-0.4, -0.2) is 32.7 Å². The molecule has 1 heterocycles. The van der Waals surface area contributed by atoms with Crippen LogP contribution in [0.1, 0.15) is 24.6 Å². The maximum absolute atomic E-state index is 12.4. The number of nitrogens with one attached hydrogen (secondary N) is 1. The minimum Gasteiger partial charge on any atom is -0.324 e. The maximum atomic E-state index is 12.4. The van der Waals surface area contributed by atoms with Gasteiger partial charge in [-0.05, 0) is 43.4 Å². The van der Waals surface area contributed by atoms with Crippen LogP contribution < -0.4 is 5.32 Å². The predicted octanol–water partition coefficient (Wildman–Crippen LogP) is 4.60.